The van der Waals surface area contributed by atoms with E-state index >= 15 is 0 Å². The highest BCUT2D eigenvalue weighted by atomic mass is 79.9. The Bertz CT molecular complexity index is 470. The second-order valence-corrected chi connectivity index (χ2v) is 4.29. The van der Waals surface area contributed by atoms with Crippen molar-refractivity contribution in [1.82, 2.24) is 8.75 Å². The van der Waals surface area contributed by atoms with Gasteiger partial charge >= 0.3 is 0 Å². The molecule has 15 heavy (non-hydrogen) atoms. The minimum Gasteiger partial charge on any atom is -0.379 e. The van der Waals surface area contributed by atoms with Gasteiger partial charge in [-0.25, -0.2) is 0 Å². The molecule has 0 saturated heterocycles. The number of nitrogens with one attached hydrogen (secondary N) is 1. The zero-order valence-electron chi connectivity index (χ0n) is 7.64. The maximum atomic E-state index is 7.09. The third kappa shape index (κ3) is 3.15. The van der Waals surface area contributed by atoms with Crippen molar-refractivity contribution in [1.29, 1.82) is 5.41 Å². The Labute approximate surface area is 106 Å². The van der Waals surface area contributed by atoms with E-state index < -0.39 is 0 Å². The Morgan fingerprint density at radius 3 is 2.87 bits per heavy atom. The summed E-state index contributed by atoms with van der Waals surface area (Å²) in [5, 5.41) is 7.23. The van der Waals surface area contributed by atoms with Crippen molar-refractivity contribution in [3.63, 3.8) is 0 Å². The lowest BCUT2D eigenvalue weighted by molar-refractivity contribution is 1.42. The predicted molar refractivity (Wildman–Crippen MR) is 70.9 cm³/mol. The van der Waals surface area contributed by atoms with E-state index in [2.05, 4.69) is 8.75 Å². The highest BCUT2D eigenvalue weighted by molar-refractivity contribution is 8.93. The number of nitrogens with zero attached hydrogens (tertiary/aromatic N) is 2. The fourth-order valence-corrected chi connectivity index (χ4v) is 2.10. The smallest absolute Gasteiger partial charge is 0.151 e. The standard InChI is InChI=1S/C8H8N4S2.BrH/c9-8(10)13-4-5-1-2-6-7(3-5)12-14-11-6;/h1-3H,4H2,(H3,9,10);1H. The minimum absolute atomic E-state index is 0. The van der Waals surface area contributed by atoms with Crippen LogP contribution in [0.15, 0.2) is 18.2 Å². The van der Waals surface area contributed by atoms with Crippen LogP contribution in [0, 0.1) is 5.41 Å². The molecule has 0 amide bonds. The number of fused-ring (bicyclic) bond motifs is 1. The molecule has 80 valence electrons. The summed E-state index contributed by atoms with van der Waals surface area (Å²) in [6.07, 6.45) is 0. The quantitative estimate of drug-likeness (QED) is 0.660. The number of thioether (sulfide) groups is 1. The van der Waals surface area contributed by atoms with Gasteiger partial charge in [0.25, 0.3) is 0 Å². The van der Waals surface area contributed by atoms with E-state index in [0.717, 1.165) is 16.6 Å². The minimum atomic E-state index is 0. The molecule has 0 aliphatic rings. The Balaban J connectivity index is 0.00000112. The van der Waals surface area contributed by atoms with Gasteiger partial charge < -0.3 is 5.73 Å². The van der Waals surface area contributed by atoms with Crippen LogP contribution in [-0.2, 0) is 5.75 Å². The summed E-state index contributed by atoms with van der Waals surface area (Å²) in [5.74, 6) is 0.711. The molecular formula is C8H9BrN4S2. The van der Waals surface area contributed by atoms with Crippen LogP contribution in [0.2, 0.25) is 0 Å². The van der Waals surface area contributed by atoms with E-state index in [1.807, 2.05) is 18.2 Å². The molecule has 0 aliphatic heterocycles. The van der Waals surface area contributed by atoms with E-state index in [1.54, 1.807) is 0 Å². The van der Waals surface area contributed by atoms with E-state index in [-0.39, 0.29) is 22.1 Å². The van der Waals surface area contributed by atoms with Crippen molar-refractivity contribution < 1.29 is 0 Å². The molecule has 1 aromatic heterocycles. The largest absolute Gasteiger partial charge is 0.379 e. The molecule has 0 spiro atoms. The van der Waals surface area contributed by atoms with Gasteiger partial charge in [-0.2, -0.15) is 8.75 Å². The maximum absolute atomic E-state index is 7.09. The van der Waals surface area contributed by atoms with Gasteiger partial charge in [-0.05, 0) is 17.7 Å². The van der Waals surface area contributed by atoms with Gasteiger partial charge in [0.1, 0.15) is 11.0 Å². The lowest BCUT2D eigenvalue weighted by Crippen LogP contribution is -2.03. The van der Waals surface area contributed by atoms with Gasteiger partial charge in [-0.1, -0.05) is 17.8 Å². The normalized spacial score (nSPS) is 9.87. The van der Waals surface area contributed by atoms with Crippen molar-refractivity contribution in [2.24, 2.45) is 5.73 Å². The molecule has 0 aliphatic carbocycles. The third-order valence-electron chi connectivity index (χ3n) is 1.71. The van der Waals surface area contributed by atoms with Crippen LogP contribution in [-0.4, -0.2) is 13.9 Å². The second-order valence-electron chi connectivity index (χ2n) is 2.74. The molecule has 0 saturated carbocycles. The van der Waals surface area contributed by atoms with Crippen molar-refractivity contribution in [3.8, 4) is 0 Å². The van der Waals surface area contributed by atoms with Crippen LogP contribution in [0.3, 0.4) is 0 Å². The van der Waals surface area contributed by atoms with Crippen LogP contribution in [0.25, 0.3) is 11.0 Å². The Kier molecular flexibility index (Phi) is 4.49. The Morgan fingerprint density at radius 1 is 1.40 bits per heavy atom. The van der Waals surface area contributed by atoms with Gasteiger partial charge in [-0.15, -0.1) is 17.0 Å². The average molecular weight is 305 g/mol. The van der Waals surface area contributed by atoms with Crippen molar-refractivity contribution in [2.45, 2.75) is 5.75 Å². The number of aromatic nitrogens is 2. The number of rotatable bonds is 2. The van der Waals surface area contributed by atoms with Gasteiger partial charge in [0.2, 0.25) is 0 Å². The molecule has 0 fully saturated rings. The average Bonchev–Trinajstić information content (AvgIpc) is 2.61. The van der Waals surface area contributed by atoms with E-state index in [0.29, 0.717) is 5.75 Å². The molecule has 1 heterocycles. The number of halogens is 1. The fraction of sp³-hybridized carbons (Fsp3) is 0.125. The highest BCUT2D eigenvalue weighted by Crippen LogP contribution is 2.17. The summed E-state index contributed by atoms with van der Waals surface area (Å²) in [6, 6.07) is 5.91. The summed E-state index contributed by atoms with van der Waals surface area (Å²) < 4.78 is 8.25. The summed E-state index contributed by atoms with van der Waals surface area (Å²) in [4.78, 5) is 0. The zero-order valence-corrected chi connectivity index (χ0v) is 11.0. The Hall–Kier alpha value is -0.660. The summed E-state index contributed by atoms with van der Waals surface area (Å²) in [6.45, 7) is 0. The van der Waals surface area contributed by atoms with Crippen LogP contribution in [0.1, 0.15) is 5.56 Å². The van der Waals surface area contributed by atoms with Gasteiger partial charge in [-0.3, -0.25) is 5.41 Å². The summed E-state index contributed by atoms with van der Waals surface area (Å²) in [7, 11) is 0. The summed E-state index contributed by atoms with van der Waals surface area (Å²) in [5.41, 5.74) is 8.21. The molecule has 0 unspecified atom stereocenters. The summed E-state index contributed by atoms with van der Waals surface area (Å²) >= 11 is 2.52. The SMILES string of the molecule is Br.N=C(N)SCc1ccc2nsnc2c1. The molecule has 7 heteroatoms. The van der Waals surface area contributed by atoms with Gasteiger partial charge in [0.05, 0.1) is 11.7 Å². The number of hydrogen-bond acceptors (Lipinski definition) is 5. The monoisotopic (exact) mass is 304 g/mol. The van der Waals surface area contributed by atoms with E-state index in [9.17, 15) is 0 Å². The first kappa shape index (κ1) is 12.4. The lowest BCUT2D eigenvalue weighted by Gasteiger charge is -1.98. The second kappa shape index (κ2) is 5.43. The number of amidine groups is 1. The van der Waals surface area contributed by atoms with E-state index in [4.69, 9.17) is 11.1 Å². The zero-order chi connectivity index (χ0) is 9.97. The highest BCUT2D eigenvalue weighted by Gasteiger charge is 2.00. The van der Waals surface area contributed by atoms with Crippen LogP contribution < -0.4 is 5.73 Å². The topological polar surface area (TPSA) is 75.7 Å². The molecule has 0 bridgehead atoms. The molecule has 2 rings (SSSR count). The van der Waals surface area contributed by atoms with Crippen LogP contribution >= 0.6 is 40.5 Å². The number of nitrogens with two attached hydrogens (primary N) is 1. The van der Waals surface area contributed by atoms with Gasteiger partial charge in [0.15, 0.2) is 5.17 Å². The first-order valence-corrected chi connectivity index (χ1v) is 5.65. The van der Waals surface area contributed by atoms with Gasteiger partial charge in [0, 0.05) is 5.75 Å². The lowest BCUT2D eigenvalue weighted by atomic mass is 10.2. The van der Waals surface area contributed by atoms with Crippen LogP contribution in [0.4, 0.5) is 0 Å². The molecule has 0 radical (unpaired) electrons. The predicted octanol–water partition coefficient (Wildman–Crippen LogP) is 2.40. The van der Waals surface area contributed by atoms with Crippen molar-refractivity contribution in [3.05, 3.63) is 23.8 Å². The van der Waals surface area contributed by atoms with Crippen molar-refractivity contribution in [2.75, 3.05) is 0 Å². The molecular weight excluding hydrogens is 296 g/mol. The number of benzene rings is 1. The molecule has 1 aromatic carbocycles. The van der Waals surface area contributed by atoms with Crippen molar-refractivity contribution >= 4 is 56.7 Å². The fourth-order valence-electron chi connectivity index (χ4n) is 1.08. The first-order valence-electron chi connectivity index (χ1n) is 3.94. The third-order valence-corrected chi connectivity index (χ3v) is 3.06. The Morgan fingerprint density at radius 2 is 2.13 bits per heavy atom. The first-order chi connectivity index (χ1) is 6.75. The van der Waals surface area contributed by atoms with Crippen LogP contribution in [0.5, 0.6) is 0 Å². The molecule has 4 nitrogen and oxygen atoms in total. The molecule has 3 N–H and O–H groups in total. The molecule has 0 atom stereocenters. The van der Waals surface area contributed by atoms with E-state index in [1.165, 1.54) is 23.5 Å². The maximum Gasteiger partial charge on any atom is 0.151 e. The number of hydrogen-bond donors (Lipinski definition) is 2. The molecule has 2 aromatic rings.